The lowest BCUT2D eigenvalue weighted by Crippen LogP contribution is -2.52. The van der Waals surface area contributed by atoms with Crippen LogP contribution in [0, 0.1) is 5.92 Å². The Labute approximate surface area is 180 Å². The minimum atomic E-state index is -0.617. The van der Waals surface area contributed by atoms with E-state index in [9.17, 15) is 9.59 Å². The second-order valence-corrected chi connectivity index (χ2v) is 8.41. The highest BCUT2D eigenvalue weighted by Crippen LogP contribution is 2.18. The number of hydrogen-bond acceptors (Lipinski definition) is 3. The molecule has 0 aromatic heterocycles. The molecule has 3 rings (SSSR count). The molecule has 2 amide bonds. The van der Waals surface area contributed by atoms with Crippen molar-refractivity contribution in [1.82, 2.24) is 15.1 Å². The predicted molar refractivity (Wildman–Crippen MR) is 120 cm³/mol. The SMILES string of the molecule is CC(C)CC(=O)NC(C(=O)N1CCN(CCc2ccccc2)CC1)c1ccccc1. The average Bonchev–Trinajstić information content (AvgIpc) is 2.77. The molecule has 0 bridgehead atoms. The fourth-order valence-electron chi connectivity index (χ4n) is 3.83. The van der Waals surface area contributed by atoms with Gasteiger partial charge in [-0.3, -0.25) is 14.5 Å². The summed E-state index contributed by atoms with van der Waals surface area (Å²) < 4.78 is 0. The smallest absolute Gasteiger partial charge is 0.249 e. The fraction of sp³-hybridized carbons (Fsp3) is 0.440. The van der Waals surface area contributed by atoms with Crippen LogP contribution in [-0.4, -0.2) is 54.3 Å². The number of rotatable bonds is 8. The summed E-state index contributed by atoms with van der Waals surface area (Å²) in [4.78, 5) is 30.0. The van der Waals surface area contributed by atoms with Gasteiger partial charge in [0.05, 0.1) is 0 Å². The maximum atomic E-state index is 13.3. The molecule has 1 unspecified atom stereocenters. The number of piperazine rings is 1. The zero-order chi connectivity index (χ0) is 21.3. The first kappa shape index (κ1) is 22.0. The lowest BCUT2D eigenvalue weighted by Gasteiger charge is -2.36. The zero-order valence-corrected chi connectivity index (χ0v) is 18.1. The molecule has 5 heteroatoms. The van der Waals surface area contributed by atoms with Gasteiger partial charge in [0.1, 0.15) is 6.04 Å². The number of benzene rings is 2. The van der Waals surface area contributed by atoms with E-state index in [1.165, 1.54) is 5.56 Å². The summed E-state index contributed by atoms with van der Waals surface area (Å²) in [6.45, 7) is 8.12. The van der Waals surface area contributed by atoms with Crippen molar-refractivity contribution in [2.24, 2.45) is 5.92 Å². The van der Waals surface area contributed by atoms with E-state index in [-0.39, 0.29) is 17.7 Å². The topological polar surface area (TPSA) is 52.7 Å². The van der Waals surface area contributed by atoms with Crippen molar-refractivity contribution in [2.75, 3.05) is 32.7 Å². The second-order valence-electron chi connectivity index (χ2n) is 8.41. The molecular weight excluding hydrogens is 374 g/mol. The van der Waals surface area contributed by atoms with Crippen LogP contribution < -0.4 is 5.32 Å². The van der Waals surface area contributed by atoms with Crippen molar-refractivity contribution < 1.29 is 9.59 Å². The maximum Gasteiger partial charge on any atom is 0.249 e. The zero-order valence-electron chi connectivity index (χ0n) is 18.1. The minimum Gasteiger partial charge on any atom is -0.341 e. The lowest BCUT2D eigenvalue weighted by molar-refractivity contribution is -0.138. The highest BCUT2D eigenvalue weighted by molar-refractivity contribution is 5.88. The van der Waals surface area contributed by atoms with Crippen LogP contribution in [0.5, 0.6) is 0 Å². The van der Waals surface area contributed by atoms with Crippen LogP contribution in [0.1, 0.15) is 37.4 Å². The van der Waals surface area contributed by atoms with Crippen molar-refractivity contribution >= 4 is 11.8 Å². The van der Waals surface area contributed by atoms with Crippen LogP contribution in [0.25, 0.3) is 0 Å². The Kier molecular flexibility index (Phi) is 8.03. The van der Waals surface area contributed by atoms with Crippen LogP contribution in [-0.2, 0) is 16.0 Å². The summed E-state index contributed by atoms with van der Waals surface area (Å²) in [6, 6.07) is 19.4. The number of nitrogens with one attached hydrogen (secondary N) is 1. The maximum absolute atomic E-state index is 13.3. The first-order chi connectivity index (χ1) is 14.5. The van der Waals surface area contributed by atoms with Crippen molar-refractivity contribution in [2.45, 2.75) is 32.7 Å². The standard InChI is InChI=1S/C25H33N3O2/c1-20(2)19-23(29)26-24(22-11-7-4-8-12-22)25(30)28-17-15-27(16-18-28)14-13-21-9-5-3-6-10-21/h3-12,20,24H,13-19H2,1-2H3,(H,26,29). The molecule has 30 heavy (non-hydrogen) atoms. The largest absolute Gasteiger partial charge is 0.341 e. The molecule has 1 N–H and O–H groups in total. The Balaban J connectivity index is 1.57. The third kappa shape index (κ3) is 6.42. The molecule has 1 heterocycles. The molecule has 1 aliphatic heterocycles. The van der Waals surface area contributed by atoms with E-state index < -0.39 is 6.04 Å². The third-order valence-corrected chi connectivity index (χ3v) is 5.52. The summed E-state index contributed by atoms with van der Waals surface area (Å²) in [5.74, 6) is 0.166. The Hall–Kier alpha value is -2.66. The van der Waals surface area contributed by atoms with Gasteiger partial charge in [-0.25, -0.2) is 0 Å². The second kappa shape index (κ2) is 10.9. The molecule has 1 saturated heterocycles. The van der Waals surface area contributed by atoms with Gasteiger partial charge in [0, 0.05) is 39.1 Å². The van der Waals surface area contributed by atoms with Gasteiger partial charge in [0.25, 0.3) is 0 Å². The number of carbonyl (C=O) groups is 2. The number of amides is 2. The summed E-state index contributed by atoms with van der Waals surface area (Å²) in [5, 5.41) is 2.98. The van der Waals surface area contributed by atoms with E-state index in [2.05, 4.69) is 34.5 Å². The van der Waals surface area contributed by atoms with Crippen molar-refractivity contribution in [1.29, 1.82) is 0 Å². The van der Waals surface area contributed by atoms with Gasteiger partial charge in [-0.1, -0.05) is 74.5 Å². The van der Waals surface area contributed by atoms with Crippen molar-refractivity contribution in [3.05, 3.63) is 71.8 Å². The molecule has 0 aliphatic carbocycles. The van der Waals surface area contributed by atoms with Crippen molar-refractivity contribution in [3.8, 4) is 0 Å². The van der Waals surface area contributed by atoms with Gasteiger partial charge in [0.2, 0.25) is 11.8 Å². The summed E-state index contributed by atoms with van der Waals surface area (Å²) in [7, 11) is 0. The van der Waals surface area contributed by atoms with E-state index in [4.69, 9.17) is 0 Å². The lowest BCUT2D eigenvalue weighted by atomic mass is 10.0. The predicted octanol–water partition coefficient (Wildman–Crippen LogP) is 3.28. The highest BCUT2D eigenvalue weighted by atomic mass is 16.2. The molecule has 0 radical (unpaired) electrons. The third-order valence-electron chi connectivity index (χ3n) is 5.52. The molecule has 5 nitrogen and oxygen atoms in total. The van der Waals surface area contributed by atoms with E-state index in [0.717, 1.165) is 31.6 Å². The number of nitrogens with zero attached hydrogens (tertiary/aromatic N) is 2. The molecule has 1 atom stereocenters. The van der Waals surface area contributed by atoms with Crippen LogP contribution in [0.2, 0.25) is 0 Å². The Morgan fingerprint density at radius 1 is 0.900 bits per heavy atom. The van der Waals surface area contributed by atoms with Gasteiger partial charge < -0.3 is 10.2 Å². The Morgan fingerprint density at radius 2 is 1.50 bits per heavy atom. The quantitative estimate of drug-likeness (QED) is 0.731. The van der Waals surface area contributed by atoms with Crippen LogP contribution in [0.3, 0.4) is 0 Å². The fourth-order valence-corrected chi connectivity index (χ4v) is 3.83. The van der Waals surface area contributed by atoms with Gasteiger partial charge in [-0.15, -0.1) is 0 Å². The van der Waals surface area contributed by atoms with Gasteiger partial charge >= 0.3 is 0 Å². The molecular formula is C25H33N3O2. The summed E-state index contributed by atoms with van der Waals surface area (Å²) in [5.41, 5.74) is 2.18. The van der Waals surface area contributed by atoms with Gasteiger partial charge in [-0.05, 0) is 23.5 Å². The van der Waals surface area contributed by atoms with E-state index in [0.29, 0.717) is 19.5 Å². The summed E-state index contributed by atoms with van der Waals surface area (Å²) in [6.07, 6.45) is 1.44. The van der Waals surface area contributed by atoms with Crippen LogP contribution in [0.15, 0.2) is 60.7 Å². The number of hydrogen-bond donors (Lipinski definition) is 1. The van der Waals surface area contributed by atoms with Gasteiger partial charge in [0.15, 0.2) is 0 Å². The molecule has 0 saturated carbocycles. The van der Waals surface area contributed by atoms with Crippen LogP contribution in [0.4, 0.5) is 0 Å². The molecule has 2 aromatic carbocycles. The first-order valence-corrected chi connectivity index (χ1v) is 10.9. The first-order valence-electron chi connectivity index (χ1n) is 10.9. The van der Waals surface area contributed by atoms with Crippen LogP contribution >= 0.6 is 0 Å². The normalized spacial score (nSPS) is 15.8. The Morgan fingerprint density at radius 3 is 2.10 bits per heavy atom. The average molecular weight is 408 g/mol. The van der Waals surface area contributed by atoms with E-state index >= 15 is 0 Å². The van der Waals surface area contributed by atoms with Gasteiger partial charge in [-0.2, -0.15) is 0 Å². The molecule has 0 spiro atoms. The molecule has 1 fully saturated rings. The minimum absolute atomic E-state index is 0.0129. The molecule has 1 aliphatic rings. The number of carbonyl (C=O) groups excluding carboxylic acids is 2. The van der Waals surface area contributed by atoms with E-state index in [1.807, 2.05) is 55.1 Å². The molecule has 160 valence electrons. The monoisotopic (exact) mass is 407 g/mol. The summed E-state index contributed by atoms with van der Waals surface area (Å²) >= 11 is 0. The highest BCUT2D eigenvalue weighted by Gasteiger charge is 2.29. The van der Waals surface area contributed by atoms with Crippen molar-refractivity contribution in [3.63, 3.8) is 0 Å². The molecule has 2 aromatic rings. The van der Waals surface area contributed by atoms with E-state index in [1.54, 1.807) is 0 Å². The Bertz CT molecular complexity index is 800.